The summed E-state index contributed by atoms with van der Waals surface area (Å²) in [7, 11) is 0. The van der Waals surface area contributed by atoms with Gasteiger partial charge in [0.1, 0.15) is 0 Å². The first kappa shape index (κ1) is 16.9. The van der Waals surface area contributed by atoms with Crippen molar-refractivity contribution in [1.29, 1.82) is 0 Å². The van der Waals surface area contributed by atoms with Gasteiger partial charge in [-0.3, -0.25) is 9.59 Å². The highest BCUT2D eigenvalue weighted by Gasteiger charge is 2.21. The molecule has 0 spiro atoms. The van der Waals surface area contributed by atoms with Gasteiger partial charge in [-0.2, -0.15) is 0 Å². The summed E-state index contributed by atoms with van der Waals surface area (Å²) < 4.78 is 0. The molecule has 1 saturated heterocycles. The molecule has 7 heteroatoms. The maximum absolute atomic E-state index is 12.2. The number of para-hydroxylation sites is 1. The van der Waals surface area contributed by atoms with Gasteiger partial charge in [0.05, 0.1) is 15.7 Å². The van der Waals surface area contributed by atoms with Crippen molar-refractivity contribution in [2.45, 2.75) is 13.3 Å². The minimum Gasteiger partial charge on any atom is -0.382 e. The predicted octanol–water partition coefficient (Wildman–Crippen LogP) is 2.49. The van der Waals surface area contributed by atoms with E-state index >= 15 is 0 Å². The summed E-state index contributed by atoms with van der Waals surface area (Å²) in [4.78, 5) is 26.9. The molecule has 2 rings (SSSR count). The Hall–Kier alpha value is -1.46. The number of carbonyl (C=O) groups is 2. The summed E-state index contributed by atoms with van der Waals surface area (Å²) in [6.45, 7) is 4.40. The molecule has 1 aromatic rings. The zero-order valence-corrected chi connectivity index (χ0v) is 14.0. The first-order valence-corrected chi connectivity index (χ1v) is 7.96. The van der Waals surface area contributed by atoms with Gasteiger partial charge >= 0.3 is 0 Å². The third kappa shape index (κ3) is 4.27. The molecule has 0 bridgehead atoms. The number of hydrogen-bond donors (Lipinski definition) is 1. The Kier molecular flexibility index (Phi) is 5.91. The highest BCUT2D eigenvalue weighted by atomic mass is 35.5. The third-order valence-corrected chi connectivity index (χ3v) is 4.31. The Bertz CT molecular complexity index is 537. The molecule has 1 aliphatic heterocycles. The zero-order valence-electron chi connectivity index (χ0n) is 12.4. The van der Waals surface area contributed by atoms with Crippen LogP contribution in [0.5, 0.6) is 0 Å². The summed E-state index contributed by atoms with van der Waals surface area (Å²) in [6.07, 6.45) is 0.363. The van der Waals surface area contributed by atoms with Gasteiger partial charge in [-0.1, -0.05) is 29.3 Å². The van der Waals surface area contributed by atoms with E-state index in [-0.39, 0.29) is 11.8 Å². The molecule has 120 valence electrons. The second kappa shape index (κ2) is 7.70. The van der Waals surface area contributed by atoms with Crippen molar-refractivity contribution in [2.24, 2.45) is 0 Å². The number of carbonyl (C=O) groups excluding carboxylic acids is 2. The Morgan fingerprint density at radius 1 is 1.09 bits per heavy atom. The quantitative estimate of drug-likeness (QED) is 0.913. The molecule has 0 aliphatic carbocycles. The highest BCUT2D eigenvalue weighted by Crippen LogP contribution is 2.29. The molecule has 0 atom stereocenters. The van der Waals surface area contributed by atoms with Gasteiger partial charge in [0.15, 0.2) is 0 Å². The predicted molar refractivity (Wildman–Crippen MR) is 88.4 cm³/mol. The van der Waals surface area contributed by atoms with Gasteiger partial charge in [0.25, 0.3) is 0 Å². The number of hydrogen-bond acceptors (Lipinski definition) is 3. The molecule has 0 unspecified atom stereocenters. The number of nitrogens with one attached hydrogen (secondary N) is 1. The number of benzene rings is 1. The lowest BCUT2D eigenvalue weighted by Crippen LogP contribution is -2.50. The number of rotatable bonds is 4. The Morgan fingerprint density at radius 2 is 1.64 bits per heavy atom. The molecule has 2 amide bonds. The van der Waals surface area contributed by atoms with E-state index in [1.807, 2.05) is 0 Å². The number of anilines is 1. The molecule has 1 N–H and O–H groups in total. The summed E-state index contributed by atoms with van der Waals surface area (Å²) in [5, 5.41) is 4.18. The minimum absolute atomic E-state index is 0.0575. The Morgan fingerprint density at radius 3 is 2.18 bits per heavy atom. The van der Waals surface area contributed by atoms with E-state index in [0.29, 0.717) is 54.9 Å². The lowest BCUT2D eigenvalue weighted by atomic mass is 10.2. The second-order valence-electron chi connectivity index (χ2n) is 5.16. The van der Waals surface area contributed by atoms with Crippen molar-refractivity contribution in [3.05, 3.63) is 28.2 Å². The second-order valence-corrected chi connectivity index (χ2v) is 5.97. The average molecular weight is 344 g/mol. The SMILES string of the molecule is CC(=O)N1CCN(C(=O)CCNc2c(Cl)cccc2Cl)CC1. The van der Waals surface area contributed by atoms with Crippen LogP contribution < -0.4 is 5.32 Å². The fourth-order valence-corrected chi connectivity index (χ4v) is 2.92. The van der Waals surface area contributed by atoms with E-state index in [4.69, 9.17) is 23.2 Å². The maximum Gasteiger partial charge on any atom is 0.224 e. The van der Waals surface area contributed by atoms with Crippen molar-refractivity contribution < 1.29 is 9.59 Å². The van der Waals surface area contributed by atoms with Crippen LogP contribution in [0.3, 0.4) is 0 Å². The van der Waals surface area contributed by atoms with Crippen molar-refractivity contribution in [1.82, 2.24) is 9.80 Å². The fraction of sp³-hybridized carbons (Fsp3) is 0.467. The van der Waals surface area contributed by atoms with Gasteiger partial charge in [-0.05, 0) is 12.1 Å². The van der Waals surface area contributed by atoms with Gasteiger partial charge < -0.3 is 15.1 Å². The topological polar surface area (TPSA) is 52.7 Å². The average Bonchev–Trinajstić information content (AvgIpc) is 2.50. The van der Waals surface area contributed by atoms with E-state index in [1.54, 1.807) is 34.9 Å². The standard InChI is InChI=1S/C15H19Cl2N3O2/c1-11(21)19-7-9-20(10-8-19)14(22)5-6-18-15-12(16)3-2-4-13(15)17/h2-4,18H,5-10H2,1H3. The van der Waals surface area contributed by atoms with Crippen molar-refractivity contribution in [2.75, 3.05) is 38.0 Å². The van der Waals surface area contributed by atoms with Crippen LogP contribution in [0.2, 0.25) is 10.0 Å². The lowest BCUT2D eigenvalue weighted by molar-refractivity contribution is -0.138. The summed E-state index contributed by atoms with van der Waals surface area (Å²) in [5.41, 5.74) is 0.653. The van der Waals surface area contributed by atoms with Gasteiger partial charge in [-0.15, -0.1) is 0 Å². The van der Waals surface area contributed by atoms with Crippen LogP contribution >= 0.6 is 23.2 Å². The molecule has 1 fully saturated rings. The van der Waals surface area contributed by atoms with Crippen LogP contribution in [0.15, 0.2) is 18.2 Å². The molecule has 0 saturated carbocycles. The smallest absolute Gasteiger partial charge is 0.224 e. The van der Waals surface area contributed by atoms with Crippen LogP contribution in [0.1, 0.15) is 13.3 Å². The maximum atomic E-state index is 12.2. The molecule has 0 radical (unpaired) electrons. The van der Waals surface area contributed by atoms with Crippen LogP contribution in [0.25, 0.3) is 0 Å². The Labute approximate surface area is 140 Å². The summed E-state index contributed by atoms with van der Waals surface area (Å²) in [5.74, 6) is 0.126. The van der Waals surface area contributed by atoms with Crippen LogP contribution in [-0.2, 0) is 9.59 Å². The lowest BCUT2D eigenvalue weighted by Gasteiger charge is -2.34. The number of halogens is 2. The number of amides is 2. The first-order valence-electron chi connectivity index (χ1n) is 7.20. The fourth-order valence-electron chi connectivity index (χ4n) is 2.39. The number of piperazine rings is 1. The molecule has 22 heavy (non-hydrogen) atoms. The molecular formula is C15H19Cl2N3O2. The molecule has 0 aromatic heterocycles. The zero-order chi connectivity index (χ0) is 16.1. The van der Waals surface area contributed by atoms with Crippen LogP contribution in [0.4, 0.5) is 5.69 Å². The van der Waals surface area contributed by atoms with Crippen LogP contribution in [-0.4, -0.2) is 54.3 Å². The first-order chi connectivity index (χ1) is 10.5. The van der Waals surface area contributed by atoms with E-state index in [1.165, 1.54) is 0 Å². The highest BCUT2D eigenvalue weighted by molar-refractivity contribution is 6.39. The van der Waals surface area contributed by atoms with Crippen molar-refractivity contribution in [3.63, 3.8) is 0 Å². The van der Waals surface area contributed by atoms with E-state index < -0.39 is 0 Å². The number of nitrogens with zero attached hydrogens (tertiary/aromatic N) is 2. The van der Waals surface area contributed by atoms with E-state index in [2.05, 4.69) is 5.32 Å². The molecule has 5 nitrogen and oxygen atoms in total. The van der Waals surface area contributed by atoms with Crippen molar-refractivity contribution in [3.8, 4) is 0 Å². The Balaban J connectivity index is 1.78. The largest absolute Gasteiger partial charge is 0.382 e. The summed E-state index contributed by atoms with van der Waals surface area (Å²) in [6, 6.07) is 5.27. The van der Waals surface area contributed by atoms with Gasteiger partial charge in [0.2, 0.25) is 11.8 Å². The van der Waals surface area contributed by atoms with Gasteiger partial charge in [0, 0.05) is 46.1 Å². The van der Waals surface area contributed by atoms with E-state index in [0.717, 1.165) is 0 Å². The normalized spacial score (nSPS) is 14.9. The van der Waals surface area contributed by atoms with Crippen LogP contribution in [0, 0.1) is 0 Å². The molecular weight excluding hydrogens is 325 g/mol. The third-order valence-electron chi connectivity index (χ3n) is 3.68. The van der Waals surface area contributed by atoms with Crippen molar-refractivity contribution >= 4 is 40.7 Å². The molecule has 1 aromatic carbocycles. The molecule has 1 aliphatic rings. The van der Waals surface area contributed by atoms with E-state index in [9.17, 15) is 9.59 Å². The minimum atomic E-state index is 0.0575. The van der Waals surface area contributed by atoms with Gasteiger partial charge in [-0.25, -0.2) is 0 Å². The monoisotopic (exact) mass is 343 g/mol. The molecule has 1 heterocycles. The summed E-state index contributed by atoms with van der Waals surface area (Å²) >= 11 is 12.1.